The molecule has 0 bridgehead atoms. The largest absolute Gasteiger partial charge is 0.299 e. The van der Waals surface area contributed by atoms with E-state index in [2.05, 4.69) is 29.4 Å². The number of carbonyl (C=O) groups excluding carboxylic acids is 3. The molecule has 0 aliphatic carbocycles. The van der Waals surface area contributed by atoms with Gasteiger partial charge in [-0.25, -0.2) is 0 Å². The highest BCUT2D eigenvalue weighted by atomic mass is 35.5. The van der Waals surface area contributed by atoms with E-state index >= 15 is 0 Å². The standard InChI is InChI=1S/C18H18Cl2N4O3S/c1-4-9(5-2)15-22-23-18(28-15)21-14(25)8(3)24-16(26)10-6-12(19)13(20)7-11(10)17(24)27/h6-9H,4-5H2,1-3H3,(H,21,23,25). The third-order valence-corrected chi connectivity index (χ3v) is 6.45. The van der Waals surface area contributed by atoms with Crippen molar-refractivity contribution in [2.75, 3.05) is 5.32 Å². The van der Waals surface area contributed by atoms with E-state index in [9.17, 15) is 14.4 Å². The maximum absolute atomic E-state index is 12.6. The number of carbonyl (C=O) groups is 3. The van der Waals surface area contributed by atoms with Gasteiger partial charge < -0.3 is 0 Å². The van der Waals surface area contributed by atoms with Gasteiger partial charge in [-0.1, -0.05) is 48.4 Å². The van der Waals surface area contributed by atoms with E-state index in [1.54, 1.807) is 0 Å². The van der Waals surface area contributed by atoms with Crippen molar-refractivity contribution in [2.24, 2.45) is 0 Å². The molecular formula is C18H18Cl2N4O3S. The minimum absolute atomic E-state index is 0.131. The average molecular weight is 441 g/mol. The maximum Gasteiger partial charge on any atom is 0.262 e. The Morgan fingerprint density at radius 1 is 1.11 bits per heavy atom. The summed E-state index contributed by atoms with van der Waals surface area (Å²) in [4.78, 5) is 38.8. The molecule has 1 N–H and O–H groups in total. The second-order valence-electron chi connectivity index (χ2n) is 6.42. The molecule has 0 saturated heterocycles. The first-order valence-corrected chi connectivity index (χ1v) is 10.4. The zero-order valence-corrected chi connectivity index (χ0v) is 17.8. The summed E-state index contributed by atoms with van der Waals surface area (Å²) in [6.07, 6.45) is 1.85. The molecule has 2 aromatic rings. The first kappa shape index (κ1) is 20.7. The SMILES string of the molecule is CCC(CC)c1nnc(NC(=O)C(C)N2C(=O)c3cc(Cl)c(Cl)cc3C2=O)s1. The second kappa shape index (κ2) is 8.14. The van der Waals surface area contributed by atoms with Crippen molar-refractivity contribution < 1.29 is 14.4 Å². The molecule has 148 valence electrons. The van der Waals surface area contributed by atoms with E-state index in [4.69, 9.17) is 23.2 Å². The van der Waals surface area contributed by atoms with Gasteiger partial charge in [-0.15, -0.1) is 10.2 Å². The highest BCUT2D eigenvalue weighted by molar-refractivity contribution is 7.15. The first-order valence-electron chi connectivity index (χ1n) is 8.79. The number of imide groups is 1. The van der Waals surface area contributed by atoms with Gasteiger partial charge in [0.2, 0.25) is 11.0 Å². The molecule has 1 aliphatic heterocycles. The maximum atomic E-state index is 12.6. The van der Waals surface area contributed by atoms with Crippen molar-refractivity contribution in [3.05, 3.63) is 38.3 Å². The van der Waals surface area contributed by atoms with Crippen molar-refractivity contribution >= 4 is 57.4 Å². The van der Waals surface area contributed by atoms with Crippen LogP contribution in [0.3, 0.4) is 0 Å². The van der Waals surface area contributed by atoms with Gasteiger partial charge in [0.05, 0.1) is 21.2 Å². The zero-order valence-electron chi connectivity index (χ0n) is 15.5. The predicted molar refractivity (Wildman–Crippen MR) is 108 cm³/mol. The van der Waals surface area contributed by atoms with Crippen molar-refractivity contribution in [3.63, 3.8) is 0 Å². The summed E-state index contributed by atoms with van der Waals surface area (Å²) in [5, 5.41) is 12.3. The Morgan fingerprint density at radius 2 is 1.64 bits per heavy atom. The molecule has 2 heterocycles. The molecule has 1 atom stereocenters. The summed E-state index contributed by atoms with van der Waals surface area (Å²) in [5.74, 6) is -1.42. The smallest absolute Gasteiger partial charge is 0.262 e. The lowest BCUT2D eigenvalue weighted by atomic mass is 10.1. The van der Waals surface area contributed by atoms with Gasteiger partial charge in [-0.2, -0.15) is 0 Å². The van der Waals surface area contributed by atoms with E-state index in [1.165, 1.54) is 30.4 Å². The van der Waals surface area contributed by atoms with Gasteiger partial charge >= 0.3 is 0 Å². The Bertz CT molecular complexity index is 917. The van der Waals surface area contributed by atoms with Crippen LogP contribution in [0.25, 0.3) is 0 Å². The van der Waals surface area contributed by atoms with Gasteiger partial charge in [0.1, 0.15) is 11.0 Å². The van der Waals surface area contributed by atoms with Crippen LogP contribution in [0.1, 0.15) is 65.3 Å². The number of amides is 3. The van der Waals surface area contributed by atoms with E-state index < -0.39 is 23.8 Å². The van der Waals surface area contributed by atoms with Crippen molar-refractivity contribution in [3.8, 4) is 0 Å². The van der Waals surface area contributed by atoms with Crippen LogP contribution in [0.15, 0.2) is 12.1 Å². The minimum atomic E-state index is -1.04. The quantitative estimate of drug-likeness (QED) is 0.672. The normalized spacial score (nSPS) is 14.6. The number of nitrogens with zero attached hydrogens (tertiary/aromatic N) is 3. The van der Waals surface area contributed by atoms with Crippen LogP contribution in [0.2, 0.25) is 10.0 Å². The molecule has 1 unspecified atom stereocenters. The highest BCUT2D eigenvalue weighted by Crippen LogP contribution is 2.33. The minimum Gasteiger partial charge on any atom is -0.299 e. The summed E-state index contributed by atoms with van der Waals surface area (Å²) >= 11 is 13.2. The van der Waals surface area contributed by atoms with Crippen LogP contribution in [0.5, 0.6) is 0 Å². The van der Waals surface area contributed by atoms with Crippen LogP contribution >= 0.6 is 34.5 Å². The molecular weight excluding hydrogens is 423 g/mol. The number of fused-ring (bicyclic) bond motifs is 1. The lowest BCUT2D eigenvalue weighted by Crippen LogP contribution is -2.45. The molecule has 7 nitrogen and oxygen atoms in total. The summed E-state index contributed by atoms with van der Waals surface area (Å²) in [5.41, 5.74) is 0.261. The molecule has 0 saturated carbocycles. The van der Waals surface area contributed by atoms with Gasteiger partial charge in [0.15, 0.2) is 0 Å². The van der Waals surface area contributed by atoms with E-state index in [-0.39, 0.29) is 27.1 Å². The van der Waals surface area contributed by atoms with Crippen LogP contribution in [0, 0.1) is 0 Å². The summed E-state index contributed by atoms with van der Waals surface area (Å²) in [6.45, 7) is 5.61. The van der Waals surface area contributed by atoms with Crippen molar-refractivity contribution in [1.29, 1.82) is 0 Å². The monoisotopic (exact) mass is 440 g/mol. The van der Waals surface area contributed by atoms with Crippen LogP contribution in [-0.4, -0.2) is 38.9 Å². The number of hydrogen-bond donors (Lipinski definition) is 1. The number of aromatic nitrogens is 2. The van der Waals surface area contributed by atoms with E-state index in [1.807, 2.05) is 0 Å². The predicted octanol–water partition coefficient (Wildman–Crippen LogP) is 4.37. The second-order valence-corrected chi connectivity index (χ2v) is 8.24. The lowest BCUT2D eigenvalue weighted by Gasteiger charge is -2.20. The van der Waals surface area contributed by atoms with Gasteiger partial charge in [-0.05, 0) is 31.9 Å². The fourth-order valence-electron chi connectivity index (χ4n) is 3.02. The number of rotatable bonds is 6. The third kappa shape index (κ3) is 3.64. The van der Waals surface area contributed by atoms with E-state index in [0.29, 0.717) is 5.13 Å². The average Bonchev–Trinajstić information content (AvgIpc) is 3.20. The number of nitrogens with one attached hydrogen (secondary N) is 1. The van der Waals surface area contributed by atoms with E-state index in [0.717, 1.165) is 22.7 Å². The summed E-state index contributed by atoms with van der Waals surface area (Å²) in [7, 11) is 0. The molecule has 0 fully saturated rings. The Morgan fingerprint density at radius 3 is 2.14 bits per heavy atom. The fourth-order valence-corrected chi connectivity index (χ4v) is 4.36. The van der Waals surface area contributed by atoms with Gasteiger partial charge in [-0.3, -0.25) is 24.6 Å². The third-order valence-electron chi connectivity index (χ3n) is 4.73. The molecule has 28 heavy (non-hydrogen) atoms. The number of halogens is 2. The van der Waals surface area contributed by atoms with Gasteiger partial charge in [0.25, 0.3) is 11.8 Å². The van der Waals surface area contributed by atoms with Crippen molar-refractivity contribution in [1.82, 2.24) is 15.1 Å². The molecule has 0 radical (unpaired) electrons. The number of benzene rings is 1. The zero-order chi connectivity index (χ0) is 20.6. The molecule has 1 aromatic carbocycles. The number of hydrogen-bond acceptors (Lipinski definition) is 6. The Kier molecular flexibility index (Phi) is 6.02. The molecule has 3 amide bonds. The van der Waals surface area contributed by atoms with Crippen LogP contribution in [0.4, 0.5) is 5.13 Å². The molecule has 1 aromatic heterocycles. The highest BCUT2D eigenvalue weighted by Gasteiger charge is 2.41. The number of anilines is 1. The fraction of sp³-hybridized carbons (Fsp3) is 0.389. The van der Waals surface area contributed by atoms with Gasteiger partial charge in [0, 0.05) is 5.92 Å². The molecule has 3 rings (SSSR count). The Labute approximate surface area is 176 Å². The van der Waals surface area contributed by atoms with Crippen LogP contribution < -0.4 is 5.32 Å². The molecule has 10 heteroatoms. The summed E-state index contributed by atoms with van der Waals surface area (Å²) < 4.78 is 0. The summed E-state index contributed by atoms with van der Waals surface area (Å²) in [6, 6.07) is 1.65. The van der Waals surface area contributed by atoms with Crippen LogP contribution in [-0.2, 0) is 4.79 Å². The van der Waals surface area contributed by atoms with Crippen molar-refractivity contribution in [2.45, 2.75) is 45.6 Å². The molecule has 1 aliphatic rings. The Balaban J connectivity index is 1.77. The lowest BCUT2D eigenvalue weighted by molar-refractivity contribution is -0.119. The molecule has 0 spiro atoms. The first-order chi connectivity index (χ1) is 13.3. The topological polar surface area (TPSA) is 92.3 Å². The Hall–Kier alpha value is -2.03.